The highest BCUT2D eigenvalue weighted by atomic mass is 32.1. The van der Waals surface area contributed by atoms with Crippen LogP contribution in [0.4, 0.5) is 0 Å². The SMILES string of the molecule is N#CC(C#N)=C(C(=C(C#N)C#N)c1cc(C(=C(C#N)C#N)C(=C(C#N)C#N)c2cccs2)c2cccccc1-2)c1cccs1. The second-order valence-electron chi connectivity index (χ2n) is 8.56. The van der Waals surface area contributed by atoms with Gasteiger partial charge >= 0.3 is 0 Å². The Morgan fingerprint density at radius 3 is 1.05 bits per heavy atom. The maximum atomic E-state index is 10.1. The first-order valence-electron chi connectivity index (χ1n) is 12.3. The monoisotopic (exact) mass is 596 g/mol. The van der Waals surface area contributed by atoms with Gasteiger partial charge in [0.2, 0.25) is 0 Å². The molecule has 44 heavy (non-hydrogen) atoms. The lowest BCUT2D eigenvalue weighted by Crippen LogP contribution is -1.97. The Morgan fingerprint density at radius 2 is 0.750 bits per heavy atom. The van der Waals surface area contributed by atoms with Crippen molar-refractivity contribution in [1.82, 2.24) is 0 Å². The molecule has 0 saturated carbocycles. The molecule has 0 spiro atoms. The van der Waals surface area contributed by atoms with E-state index in [0.29, 0.717) is 20.9 Å². The molecular weight excluding hydrogens is 585 g/mol. The van der Waals surface area contributed by atoms with Crippen molar-refractivity contribution in [2.75, 3.05) is 0 Å². The van der Waals surface area contributed by atoms with E-state index in [2.05, 4.69) is 0 Å². The van der Waals surface area contributed by atoms with Crippen LogP contribution in [0, 0.1) is 90.6 Å². The van der Waals surface area contributed by atoms with Crippen molar-refractivity contribution in [2.24, 2.45) is 0 Å². The van der Waals surface area contributed by atoms with Crippen molar-refractivity contribution in [3.8, 4) is 59.7 Å². The summed E-state index contributed by atoms with van der Waals surface area (Å²) in [5.74, 6) is 0. The highest BCUT2D eigenvalue weighted by Gasteiger charge is 2.31. The molecule has 10 heteroatoms. The lowest BCUT2D eigenvalue weighted by molar-refractivity contribution is 1.45. The van der Waals surface area contributed by atoms with Gasteiger partial charge in [0.15, 0.2) is 0 Å². The third kappa shape index (κ3) is 5.34. The number of hydrogen-bond donors (Lipinski definition) is 0. The predicted octanol–water partition coefficient (Wildman–Crippen LogP) is 7.52. The third-order valence-corrected chi connectivity index (χ3v) is 8.15. The van der Waals surface area contributed by atoms with Crippen LogP contribution in [0.3, 0.4) is 0 Å². The van der Waals surface area contributed by atoms with Gasteiger partial charge in [0, 0.05) is 32.0 Å². The molecule has 2 aromatic heterocycles. The maximum absolute atomic E-state index is 10.1. The molecule has 200 valence electrons. The second-order valence-corrected chi connectivity index (χ2v) is 10.5. The number of allylic oxidation sites excluding steroid dienone is 8. The first kappa shape index (κ1) is 30.0. The molecule has 0 bridgehead atoms. The molecule has 4 rings (SSSR count). The van der Waals surface area contributed by atoms with E-state index in [-0.39, 0.29) is 55.7 Å². The van der Waals surface area contributed by atoms with E-state index in [1.54, 1.807) is 71.4 Å². The largest absolute Gasteiger partial charge is 0.192 e. The Morgan fingerprint density at radius 1 is 0.409 bits per heavy atom. The highest BCUT2D eigenvalue weighted by molar-refractivity contribution is 7.11. The molecule has 0 amide bonds. The van der Waals surface area contributed by atoms with Gasteiger partial charge in [-0.2, -0.15) is 42.1 Å². The Hall–Kier alpha value is -7.02. The van der Waals surface area contributed by atoms with Crippen LogP contribution in [0.25, 0.3) is 33.4 Å². The summed E-state index contributed by atoms with van der Waals surface area (Å²) >= 11 is 2.41. The summed E-state index contributed by atoms with van der Waals surface area (Å²) in [6, 6.07) is 31.9. The van der Waals surface area contributed by atoms with Crippen molar-refractivity contribution in [3.05, 3.63) is 115 Å². The molecule has 0 atom stereocenters. The fourth-order valence-electron chi connectivity index (χ4n) is 4.65. The molecule has 0 aromatic carbocycles. The smallest absolute Gasteiger partial charge is 0.138 e. The number of nitrogens with zero attached hydrogens (tertiary/aromatic N) is 8. The van der Waals surface area contributed by atoms with Gasteiger partial charge in [-0.1, -0.05) is 42.5 Å². The standard InChI is InChI=1S/C34H12N8S2/c35-13-21(14-36)31(33(23(17-39)18-40)29-8-4-10-43-29)27-12-28(26-7-3-1-2-6-25(26)27)32(22(15-37)16-38)34(24(19-41)20-42)30-9-5-11-44-30/h1-12H. The van der Waals surface area contributed by atoms with Crippen LogP contribution in [0.15, 0.2) is 93.7 Å². The third-order valence-electron chi connectivity index (χ3n) is 6.38. The van der Waals surface area contributed by atoms with E-state index < -0.39 is 0 Å². The Kier molecular flexibility index (Phi) is 9.23. The Balaban J connectivity index is 2.30. The summed E-state index contributed by atoms with van der Waals surface area (Å²) in [6.07, 6.45) is 0. The lowest BCUT2D eigenvalue weighted by Gasteiger charge is -2.12. The van der Waals surface area contributed by atoms with Gasteiger partial charge in [0.1, 0.15) is 70.8 Å². The number of fused-ring (bicyclic) bond motifs is 1. The zero-order chi connectivity index (χ0) is 31.6. The van der Waals surface area contributed by atoms with Crippen LogP contribution in [-0.2, 0) is 0 Å². The normalized spacial score (nSPS) is 9.18. The molecule has 2 aliphatic carbocycles. The molecule has 0 N–H and O–H groups in total. The van der Waals surface area contributed by atoms with Crippen LogP contribution < -0.4 is 0 Å². The fraction of sp³-hybridized carbons (Fsp3) is 0. The van der Waals surface area contributed by atoms with Crippen molar-refractivity contribution in [1.29, 1.82) is 42.1 Å². The highest BCUT2D eigenvalue weighted by Crippen LogP contribution is 2.49. The maximum Gasteiger partial charge on any atom is 0.138 e. The number of rotatable bonds is 6. The molecule has 2 aromatic rings. The van der Waals surface area contributed by atoms with Gasteiger partial charge < -0.3 is 0 Å². The molecule has 0 unspecified atom stereocenters. The summed E-state index contributed by atoms with van der Waals surface area (Å²) in [5.41, 5.74) is 0.200. The summed E-state index contributed by atoms with van der Waals surface area (Å²) in [6.45, 7) is 0. The molecule has 0 fully saturated rings. The number of thiophene rings is 2. The van der Waals surface area contributed by atoms with Gasteiger partial charge in [0.05, 0.1) is 0 Å². The van der Waals surface area contributed by atoms with Crippen molar-refractivity contribution in [2.45, 2.75) is 0 Å². The number of hydrogen-bond acceptors (Lipinski definition) is 10. The van der Waals surface area contributed by atoms with Crippen LogP contribution in [0.1, 0.15) is 20.9 Å². The van der Waals surface area contributed by atoms with Crippen LogP contribution in [0.2, 0.25) is 0 Å². The molecule has 8 nitrogen and oxygen atoms in total. The minimum atomic E-state index is -0.378. The van der Waals surface area contributed by atoms with E-state index in [1.165, 1.54) is 22.7 Å². The van der Waals surface area contributed by atoms with Gasteiger partial charge in [-0.3, -0.25) is 0 Å². The zero-order valence-corrected chi connectivity index (χ0v) is 24.0. The second kappa shape index (κ2) is 13.6. The zero-order valence-electron chi connectivity index (χ0n) is 22.3. The molecule has 0 radical (unpaired) electrons. The Bertz CT molecular complexity index is 2020. The summed E-state index contributed by atoms with van der Waals surface area (Å²) in [4.78, 5) is 0.913. The van der Waals surface area contributed by atoms with Crippen LogP contribution in [-0.4, -0.2) is 0 Å². The van der Waals surface area contributed by atoms with Crippen LogP contribution in [0.5, 0.6) is 0 Å². The topological polar surface area (TPSA) is 190 Å². The molecule has 2 heterocycles. The predicted molar refractivity (Wildman–Crippen MR) is 164 cm³/mol. The first-order chi connectivity index (χ1) is 21.5. The first-order valence-corrected chi connectivity index (χ1v) is 14.1. The molecule has 0 saturated heterocycles. The van der Waals surface area contributed by atoms with Crippen molar-refractivity contribution < 1.29 is 0 Å². The minimum absolute atomic E-state index is 0.00950. The lowest BCUT2D eigenvalue weighted by atomic mass is 9.88. The van der Waals surface area contributed by atoms with Crippen LogP contribution >= 0.6 is 22.7 Å². The quantitative estimate of drug-likeness (QED) is 0.161. The minimum Gasteiger partial charge on any atom is -0.192 e. The summed E-state index contributed by atoms with van der Waals surface area (Å²) in [5, 5.41) is 83.6. The molecular formula is C34H12N8S2. The van der Waals surface area contributed by atoms with Crippen molar-refractivity contribution >= 4 is 45.0 Å². The van der Waals surface area contributed by atoms with E-state index in [9.17, 15) is 42.1 Å². The Labute approximate surface area is 260 Å². The van der Waals surface area contributed by atoms with Gasteiger partial charge in [0.25, 0.3) is 0 Å². The van der Waals surface area contributed by atoms with E-state index >= 15 is 0 Å². The van der Waals surface area contributed by atoms with E-state index in [0.717, 1.165) is 0 Å². The van der Waals surface area contributed by atoms with Gasteiger partial charge in [-0.15, -0.1) is 22.7 Å². The average molecular weight is 597 g/mol. The summed E-state index contributed by atoms with van der Waals surface area (Å²) in [7, 11) is 0. The number of nitriles is 8. The molecule has 2 aliphatic rings. The average Bonchev–Trinajstić information content (AvgIpc) is 3.81. The van der Waals surface area contributed by atoms with Gasteiger partial charge in [-0.25, -0.2) is 0 Å². The molecule has 0 aliphatic heterocycles. The fourth-order valence-corrected chi connectivity index (χ4v) is 6.22. The van der Waals surface area contributed by atoms with Gasteiger partial charge in [-0.05, 0) is 51.2 Å². The van der Waals surface area contributed by atoms with Crippen molar-refractivity contribution in [3.63, 3.8) is 0 Å². The summed E-state index contributed by atoms with van der Waals surface area (Å²) < 4.78 is 0. The van der Waals surface area contributed by atoms with E-state index in [4.69, 9.17) is 0 Å². The van der Waals surface area contributed by atoms with E-state index in [1.807, 2.05) is 48.6 Å².